The first kappa shape index (κ1) is 13.3. The molecule has 18 heavy (non-hydrogen) atoms. The van der Waals surface area contributed by atoms with Crippen molar-refractivity contribution in [2.75, 3.05) is 0 Å². The zero-order valence-electron chi connectivity index (χ0n) is 9.86. The van der Waals surface area contributed by atoms with Crippen LogP contribution in [-0.2, 0) is 0 Å². The predicted octanol–water partition coefficient (Wildman–Crippen LogP) is 3.84. The van der Waals surface area contributed by atoms with E-state index >= 15 is 0 Å². The number of benzene rings is 1. The lowest BCUT2D eigenvalue weighted by atomic mass is 10.2. The summed E-state index contributed by atoms with van der Waals surface area (Å²) < 4.78 is 5.14. The highest BCUT2D eigenvalue weighted by molar-refractivity contribution is 6.35. The molecule has 1 heterocycles. The molecule has 2 N–H and O–H groups in total. The first-order valence-electron chi connectivity index (χ1n) is 5.65. The maximum atomic E-state index is 5.92. The normalized spacial score (nSPS) is 12.7. The van der Waals surface area contributed by atoms with Crippen LogP contribution in [0.3, 0.4) is 0 Å². The van der Waals surface area contributed by atoms with Gasteiger partial charge >= 0.3 is 0 Å². The van der Waals surface area contributed by atoms with Gasteiger partial charge in [-0.15, -0.1) is 0 Å². The molecule has 0 aliphatic carbocycles. The largest absolute Gasteiger partial charge is 0.337 e. The van der Waals surface area contributed by atoms with Gasteiger partial charge in [0.1, 0.15) is 0 Å². The summed E-state index contributed by atoms with van der Waals surface area (Å²) in [6, 6.07) is 4.88. The van der Waals surface area contributed by atoms with Gasteiger partial charge in [-0.2, -0.15) is 4.98 Å². The van der Waals surface area contributed by atoms with Gasteiger partial charge in [0.15, 0.2) is 0 Å². The van der Waals surface area contributed by atoms with Crippen LogP contribution in [0.2, 0.25) is 10.0 Å². The van der Waals surface area contributed by atoms with E-state index in [9.17, 15) is 0 Å². The fourth-order valence-electron chi connectivity index (χ4n) is 1.62. The Morgan fingerprint density at radius 1 is 1.28 bits per heavy atom. The van der Waals surface area contributed by atoms with Crippen LogP contribution in [0.15, 0.2) is 22.7 Å². The number of aromatic nitrogens is 2. The molecule has 0 aliphatic heterocycles. The maximum Gasteiger partial charge on any atom is 0.243 e. The number of nitrogens with two attached hydrogens (primary N) is 1. The predicted molar refractivity (Wildman–Crippen MR) is 71.6 cm³/mol. The Bertz CT molecular complexity index is 522. The summed E-state index contributed by atoms with van der Waals surface area (Å²) in [7, 11) is 0. The third kappa shape index (κ3) is 3.02. The van der Waals surface area contributed by atoms with E-state index in [0.717, 1.165) is 12.8 Å². The number of hydrogen-bond donors (Lipinski definition) is 1. The van der Waals surface area contributed by atoms with E-state index in [4.69, 9.17) is 33.5 Å². The van der Waals surface area contributed by atoms with E-state index in [1.54, 1.807) is 18.2 Å². The smallest absolute Gasteiger partial charge is 0.243 e. The van der Waals surface area contributed by atoms with Crippen molar-refractivity contribution in [1.82, 2.24) is 10.1 Å². The summed E-state index contributed by atoms with van der Waals surface area (Å²) in [5.74, 6) is 0.879. The maximum absolute atomic E-state index is 5.92. The Morgan fingerprint density at radius 3 is 2.56 bits per heavy atom. The fraction of sp³-hybridized carbons (Fsp3) is 0.333. The van der Waals surface area contributed by atoms with Crippen LogP contribution in [0.1, 0.15) is 31.7 Å². The second-order valence-corrected chi connectivity index (χ2v) is 4.88. The SMILES string of the molecule is CCCC(N)c1nc(-c2cc(Cl)cc(Cl)c2)no1. The van der Waals surface area contributed by atoms with E-state index in [0.29, 0.717) is 27.3 Å². The van der Waals surface area contributed by atoms with Crippen molar-refractivity contribution in [3.63, 3.8) is 0 Å². The van der Waals surface area contributed by atoms with E-state index in [-0.39, 0.29) is 6.04 Å². The minimum Gasteiger partial charge on any atom is -0.337 e. The molecular formula is C12H13Cl2N3O. The van der Waals surface area contributed by atoms with Crippen molar-refractivity contribution in [3.05, 3.63) is 34.1 Å². The lowest BCUT2D eigenvalue weighted by molar-refractivity contribution is 0.348. The average molecular weight is 286 g/mol. The van der Waals surface area contributed by atoms with Crippen LogP contribution in [-0.4, -0.2) is 10.1 Å². The lowest BCUT2D eigenvalue weighted by Gasteiger charge is -2.02. The first-order chi connectivity index (χ1) is 8.60. The lowest BCUT2D eigenvalue weighted by Crippen LogP contribution is -2.09. The molecule has 0 amide bonds. The molecule has 0 spiro atoms. The van der Waals surface area contributed by atoms with Crippen LogP contribution in [0, 0.1) is 0 Å². The van der Waals surface area contributed by atoms with Crippen molar-refractivity contribution >= 4 is 23.2 Å². The zero-order chi connectivity index (χ0) is 13.1. The van der Waals surface area contributed by atoms with Crippen LogP contribution in [0.25, 0.3) is 11.4 Å². The van der Waals surface area contributed by atoms with Crippen molar-refractivity contribution < 1.29 is 4.52 Å². The average Bonchev–Trinajstić information content (AvgIpc) is 2.77. The van der Waals surface area contributed by atoms with Crippen molar-refractivity contribution in [3.8, 4) is 11.4 Å². The van der Waals surface area contributed by atoms with Gasteiger partial charge in [0.05, 0.1) is 6.04 Å². The Morgan fingerprint density at radius 2 is 1.94 bits per heavy atom. The number of rotatable bonds is 4. The fourth-order valence-corrected chi connectivity index (χ4v) is 2.15. The Balaban J connectivity index is 2.29. The van der Waals surface area contributed by atoms with Gasteiger partial charge < -0.3 is 10.3 Å². The van der Waals surface area contributed by atoms with Crippen LogP contribution in [0.5, 0.6) is 0 Å². The molecule has 4 nitrogen and oxygen atoms in total. The van der Waals surface area contributed by atoms with Crippen molar-refractivity contribution in [1.29, 1.82) is 0 Å². The Hall–Kier alpha value is -1.10. The highest BCUT2D eigenvalue weighted by Gasteiger charge is 2.15. The Labute approximate surface area is 115 Å². The zero-order valence-corrected chi connectivity index (χ0v) is 11.4. The van der Waals surface area contributed by atoms with Crippen molar-refractivity contribution in [2.24, 2.45) is 5.73 Å². The van der Waals surface area contributed by atoms with Gasteiger partial charge in [-0.25, -0.2) is 0 Å². The van der Waals surface area contributed by atoms with E-state index < -0.39 is 0 Å². The molecule has 96 valence electrons. The molecule has 1 aromatic carbocycles. The van der Waals surface area contributed by atoms with Gasteiger partial charge in [0, 0.05) is 15.6 Å². The molecule has 1 atom stereocenters. The second kappa shape index (κ2) is 5.69. The first-order valence-corrected chi connectivity index (χ1v) is 6.41. The molecule has 2 aromatic rings. The molecule has 6 heteroatoms. The molecule has 2 rings (SSSR count). The summed E-state index contributed by atoms with van der Waals surface area (Å²) in [5, 5.41) is 4.95. The molecule has 0 fully saturated rings. The van der Waals surface area contributed by atoms with E-state index in [1.807, 2.05) is 6.92 Å². The summed E-state index contributed by atoms with van der Waals surface area (Å²) in [6.07, 6.45) is 1.76. The minimum atomic E-state index is -0.231. The molecule has 0 radical (unpaired) electrons. The number of halogens is 2. The highest BCUT2D eigenvalue weighted by Crippen LogP contribution is 2.26. The molecule has 0 saturated heterocycles. The standard InChI is InChI=1S/C12H13Cl2N3O/c1-2-3-10(15)12-16-11(17-18-12)7-4-8(13)6-9(14)5-7/h4-6,10H,2-3,15H2,1H3. The summed E-state index contributed by atoms with van der Waals surface area (Å²) in [6.45, 7) is 2.05. The van der Waals surface area contributed by atoms with Gasteiger partial charge in [-0.05, 0) is 24.6 Å². The highest BCUT2D eigenvalue weighted by atomic mass is 35.5. The number of nitrogens with zero attached hydrogens (tertiary/aromatic N) is 2. The van der Waals surface area contributed by atoms with Crippen molar-refractivity contribution in [2.45, 2.75) is 25.8 Å². The van der Waals surface area contributed by atoms with Crippen LogP contribution >= 0.6 is 23.2 Å². The monoisotopic (exact) mass is 285 g/mol. The third-order valence-corrected chi connectivity index (χ3v) is 2.92. The van der Waals surface area contributed by atoms with Crippen LogP contribution < -0.4 is 5.73 Å². The molecule has 0 saturated carbocycles. The quantitative estimate of drug-likeness (QED) is 0.927. The van der Waals surface area contributed by atoms with E-state index in [2.05, 4.69) is 10.1 Å². The minimum absolute atomic E-state index is 0.231. The molecular weight excluding hydrogens is 273 g/mol. The molecule has 1 unspecified atom stereocenters. The van der Waals surface area contributed by atoms with Crippen LogP contribution in [0.4, 0.5) is 0 Å². The number of hydrogen-bond acceptors (Lipinski definition) is 4. The molecule has 0 aliphatic rings. The topological polar surface area (TPSA) is 64.9 Å². The van der Waals surface area contributed by atoms with Gasteiger partial charge in [0.25, 0.3) is 0 Å². The van der Waals surface area contributed by atoms with Gasteiger partial charge in [-0.3, -0.25) is 0 Å². The molecule has 1 aromatic heterocycles. The summed E-state index contributed by atoms with van der Waals surface area (Å²) >= 11 is 11.8. The van der Waals surface area contributed by atoms with Gasteiger partial charge in [-0.1, -0.05) is 41.7 Å². The third-order valence-electron chi connectivity index (χ3n) is 2.48. The molecule has 0 bridgehead atoms. The second-order valence-electron chi connectivity index (χ2n) is 4.01. The Kier molecular flexibility index (Phi) is 4.22. The summed E-state index contributed by atoms with van der Waals surface area (Å²) in [4.78, 5) is 4.26. The van der Waals surface area contributed by atoms with Gasteiger partial charge in [0.2, 0.25) is 11.7 Å². The van der Waals surface area contributed by atoms with E-state index in [1.165, 1.54) is 0 Å². The summed E-state index contributed by atoms with van der Waals surface area (Å²) in [5.41, 5.74) is 6.62.